The normalized spacial score (nSPS) is 11.2. The summed E-state index contributed by atoms with van der Waals surface area (Å²) in [5.41, 5.74) is -0.925. The first kappa shape index (κ1) is 15.7. The summed E-state index contributed by atoms with van der Waals surface area (Å²) in [5, 5.41) is 18.2. The van der Waals surface area contributed by atoms with Crippen LogP contribution >= 0.6 is 0 Å². The topological polar surface area (TPSA) is 66.8 Å². The van der Waals surface area contributed by atoms with Crippen LogP contribution in [0.3, 0.4) is 0 Å². The summed E-state index contributed by atoms with van der Waals surface area (Å²) in [5.74, 6) is -2.21. The highest BCUT2D eigenvalue weighted by Crippen LogP contribution is 2.38. The summed E-state index contributed by atoms with van der Waals surface area (Å²) in [6.45, 7) is -0.337. The molecule has 0 fully saturated rings. The lowest BCUT2D eigenvalue weighted by Crippen LogP contribution is -2.10. The predicted octanol–water partition coefficient (Wildman–Crippen LogP) is 3.69. The number of carboxylic acids is 1. The van der Waals surface area contributed by atoms with Gasteiger partial charge < -0.3 is 14.9 Å². The van der Waals surface area contributed by atoms with Gasteiger partial charge in [0.15, 0.2) is 0 Å². The molecule has 2 rings (SSSR count). The van der Waals surface area contributed by atoms with E-state index in [1.165, 1.54) is 18.2 Å². The largest absolute Gasteiger partial charge is 0.508 e. The highest BCUT2D eigenvalue weighted by Gasteiger charge is 2.34. The van der Waals surface area contributed by atoms with Crippen LogP contribution in [-0.4, -0.2) is 16.2 Å². The minimum absolute atomic E-state index is 0.0464. The minimum atomic E-state index is -4.69. The van der Waals surface area contributed by atoms with Gasteiger partial charge in [0, 0.05) is 5.56 Å². The summed E-state index contributed by atoms with van der Waals surface area (Å²) in [6, 6.07) is 8.47. The number of carbonyl (C=O) groups is 1. The van der Waals surface area contributed by atoms with Crippen LogP contribution in [0, 0.1) is 0 Å². The maximum atomic E-state index is 12.9. The molecule has 22 heavy (non-hydrogen) atoms. The van der Waals surface area contributed by atoms with E-state index in [1.807, 2.05) is 0 Å². The fourth-order valence-corrected chi connectivity index (χ4v) is 1.88. The molecule has 0 aliphatic rings. The van der Waals surface area contributed by atoms with Crippen molar-refractivity contribution in [2.45, 2.75) is 12.8 Å². The van der Waals surface area contributed by atoms with Crippen LogP contribution in [0.2, 0.25) is 0 Å². The highest BCUT2D eigenvalue weighted by atomic mass is 19.4. The Morgan fingerprint density at radius 3 is 2.45 bits per heavy atom. The van der Waals surface area contributed by atoms with E-state index in [9.17, 15) is 18.0 Å². The molecule has 0 amide bonds. The van der Waals surface area contributed by atoms with Gasteiger partial charge in [-0.15, -0.1) is 0 Å². The molecule has 2 aromatic carbocycles. The first-order chi connectivity index (χ1) is 10.3. The van der Waals surface area contributed by atoms with Crippen molar-refractivity contribution in [1.82, 2.24) is 0 Å². The van der Waals surface area contributed by atoms with Gasteiger partial charge in [-0.1, -0.05) is 18.2 Å². The molecule has 0 saturated carbocycles. The molecule has 2 aromatic rings. The van der Waals surface area contributed by atoms with Gasteiger partial charge in [-0.2, -0.15) is 13.2 Å². The molecule has 0 atom stereocenters. The fourth-order valence-electron chi connectivity index (χ4n) is 1.88. The Morgan fingerprint density at radius 1 is 1.14 bits per heavy atom. The number of carboxylic acid groups (broad SMARTS) is 1. The van der Waals surface area contributed by atoms with Crippen LogP contribution in [0.4, 0.5) is 13.2 Å². The Bertz CT molecular complexity index is 695. The number of phenols is 1. The van der Waals surface area contributed by atoms with Crippen molar-refractivity contribution in [2.24, 2.45) is 0 Å². The number of alkyl halides is 3. The van der Waals surface area contributed by atoms with Gasteiger partial charge in [0.2, 0.25) is 0 Å². The van der Waals surface area contributed by atoms with Crippen molar-refractivity contribution in [2.75, 3.05) is 0 Å². The lowest BCUT2D eigenvalue weighted by molar-refractivity contribution is -0.139. The molecule has 0 aliphatic carbocycles. The summed E-state index contributed by atoms with van der Waals surface area (Å²) < 4.78 is 43.7. The second kappa shape index (κ2) is 5.97. The molecule has 7 heteroatoms. The van der Waals surface area contributed by atoms with Gasteiger partial charge in [0.05, 0.1) is 5.56 Å². The molecular weight excluding hydrogens is 301 g/mol. The quantitative estimate of drug-likeness (QED) is 0.903. The molecule has 0 spiro atoms. The van der Waals surface area contributed by atoms with Gasteiger partial charge in [-0.25, -0.2) is 4.79 Å². The van der Waals surface area contributed by atoms with E-state index < -0.39 is 29.2 Å². The second-order valence-electron chi connectivity index (χ2n) is 4.43. The van der Waals surface area contributed by atoms with Crippen molar-refractivity contribution in [3.05, 3.63) is 59.2 Å². The van der Waals surface area contributed by atoms with E-state index >= 15 is 0 Å². The van der Waals surface area contributed by atoms with Crippen LogP contribution in [0.15, 0.2) is 42.5 Å². The zero-order valence-electron chi connectivity index (χ0n) is 11.1. The number of hydrogen-bond acceptors (Lipinski definition) is 3. The average molecular weight is 312 g/mol. The summed E-state index contributed by atoms with van der Waals surface area (Å²) in [4.78, 5) is 11.0. The Hall–Kier alpha value is -2.70. The smallest absolute Gasteiger partial charge is 0.420 e. The molecule has 0 bridgehead atoms. The second-order valence-corrected chi connectivity index (χ2v) is 4.43. The van der Waals surface area contributed by atoms with E-state index in [0.29, 0.717) is 6.07 Å². The molecule has 0 heterocycles. The van der Waals surface area contributed by atoms with E-state index in [4.69, 9.17) is 14.9 Å². The molecule has 116 valence electrons. The monoisotopic (exact) mass is 312 g/mol. The first-order valence-corrected chi connectivity index (χ1v) is 6.13. The molecule has 0 radical (unpaired) electrons. The highest BCUT2D eigenvalue weighted by molar-refractivity contribution is 5.89. The van der Waals surface area contributed by atoms with Crippen molar-refractivity contribution in [1.29, 1.82) is 0 Å². The molecule has 4 nitrogen and oxygen atoms in total. The summed E-state index contributed by atoms with van der Waals surface area (Å²) >= 11 is 0. The van der Waals surface area contributed by atoms with Crippen LogP contribution in [-0.2, 0) is 12.8 Å². The number of hydrogen-bond donors (Lipinski definition) is 2. The third-order valence-corrected chi connectivity index (χ3v) is 2.90. The molecule has 0 aromatic heterocycles. The third kappa shape index (κ3) is 3.49. The van der Waals surface area contributed by atoms with Gasteiger partial charge in [0.1, 0.15) is 23.7 Å². The number of halogens is 3. The van der Waals surface area contributed by atoms with Crippen LogP contribution in [0.25, 0.3) is 0 Å². The molecular formula is C15H11F3O4. The van der Waals surface area contributed by atoms with E-state index in [2.05, 4.69) is 0 Å². The zero-order valence-corrected chi connectivity index (χ0v) is 11.1. The summed E-state index contributed by atoms with van der Waals surface area (Å²) in [7, 11) is 0. The fraction of sp³-hybridized carbons (Fsp3) is 0.133. The van der Waals surface area contributed by atoms with Crippen LogP contribution in [0.5, 0.6) is 11.5 Å². The Balaban J connectivity index is 2.28. The number of benzene rings is 2. The van der Waals surface area contributed by atoms with Gasteiger partial charge >= 0.3 is 12.1 Å². The van der Waals surface area contributed by atoms with Gasteiger partial charge in [-0.05, 0) is 24.3 Å². The van der Waals surface area contributed by atoms with Crippen molar-refractivity contribution < 1.29 is 32.9 Å². The average Bonchev–Trinajstić information content (AvgIpc) is 2.45. The maximum absolute atomic E-state index is 12.9. The standard InChI is InChI=1S/C15H11F3O4/c16-15(17,18)12-7-10(19)5-6-13(12)22-8-9-3-1-2-4-11(9)14(20)21/h1-7,19H,8H2,(H,20,21). The Labute approximate surface area is 123 Å². The van der Waals surface area contributed by atoms with E-state index in [-0.39, 0.29) is 17.7 Å². The Morgan fingerprint density at radius 2 is 1.82 bits per heavy atom. The number of ether oxygens (including phenoxy) is 1. The minimum Gasteiger partial charge on any atom is -0.508 e. The number of phenolic OH excluding ortho intramolecular Hbond substituents is 1. The van der Waals surface area contributed by atoms with E-state index in [1.54, 1.807) is 6.07 Å². The SMILES string of the molecule is O=C(O)c1ccccc1COc1ccc(O)cc1C(F)(F)F. The number of aromatic hydroxyl groups is 1. The third-order valence-electron chi connectivity index (χ3n) is 2.90. The van der Waals surface area contributed by atoms with Crippen molar-refractivity contribution in [3.8, 4) is 11.5 Å². The van der Waals surface area contributed by atoms with Gasteiger partial charge in [0.25, 0.3) is 0 Å². The number of rotatable bonds is 4. The zero-order chi connectivity index (χ0) is 16.3. The lowest BCUT2D eigenvalue weighted by atomic mass is 10.1. The van der Waals surface area contributed by atoms with E-state index in [0.717, 1.165) is 12.1 Å². The van der Waals surface area contributed by atoms with Gasteiger partial charge in [-0.3, -0.25) is 0 Å². The van der Waals surface area contributed by atoms with Crippen molar-refractivity contribution in [3.63, 3.8) is 0 Å². The van der Waals surface area contributed by atoms with Crippen LogP contribution < -0.4 is 4.74 Å². The molecule has 2 N–H and O–H groups in total. The predicted molar refractivity (Wildman–Crippen MR) is 70.8 cm³/mol. The molecule has 0 saturated heterocycles. The number of aromatic carboxylic acids is 1. The summed E-state index contributed by atoms with van der Waals surface area (Å²) in [6.07, 6.45) is -4.69. The molecule has 0 unspecified atom stereocenters. The lowest BCUT2D eigenvalue weighted by Gasteiger charge is -2.15. The Kier molecular flexibility index (Phi) is 4.25. The first-order valence-electron chi connectivity index (χ1n) is 6.13. The molecule has 0 aliphatic heterocycles. The van der Waals surface area contributed by atoms with Crippen molar-refractivity contribution >= 4 is 5.97 Å². The maximum Gasteiger partial charge on any atom is 0.420 e. The van der Waals surface area contributed by atoms with Crippen LogP contribution in [0.1, 0.15) is 21.5 Å².